The zero-order valence-electron chi connectivity index (χ0n) is 10.6. The standard InChI is InChI=1S/C17H15ClO/c18-15(9-11-5-6-11)12-7-8-17-14(10-12)13-3-1-2-4-16(13)19-17/h1-4,7-8,10-11,15H,5-6,9H2. The van der Waals surface area contributed by atoms with Crippen molar-refractivity contribution >= 4 is 33.5 Å². The highest BCUT2D eigenvalue weighted by Gasteiger charge is 2.25. The number of alkyl halides is 1. The monoisotopic (exact) mass is 270 g/mol. The van der Waals surface area contributed by atoms with Crippen molar-refractivity contribution in [2.24, 2.45) is 5.92 Å². The largest absolute Gasteiger partial charge is 0.456 e. The summed E-state index contributed by atoms with van der Waals surface area (Å²) >= 11 is 6.53. The van der Waals surface area contributed by atoms with Crippen LogP contribution in [0.25, 0.3) is 21.9 Å². The maximum Gasteiger partial charge on any atom is 0.135 e. The Balaban J connectivity index is 1.82. The van der Waals surface area contributed by atoms with Crippen LogP contribution >= 0.6 is 11.6 Å². The summed E-state index contributed by atoms with van der Waals surface area (Å²) in [5.41, 5.74) is 3.11. The number of halogens is 1. The lowest BCUT2D eigenvalue weighted by atomic mass is 10.0. The Morgan fingerprint density at radius 2 is 1.84 bits per heavy atom. The fraction of sp³-hybridized carbons (Fsp3) is 0.294. The van der Waals surface area contributed by atoms with Crippen LogP contribution in [-0.2, 0) is 0 Å². The number of para-hydroxylation sites is 1. The third-order valence-electron chi connectivity index (χ3n) is 4.00. The molecule has 0 bridgehead atoms. The van der Waals surface area contributed by atoms with Gasteiger partial charge in [-0.15, -0.1) is 11.6 Å². The first-order valence-corrected chi connectivity index (χ1v) is 7.30. The second-order valence-corrected chi connectivity index (χ2v) is 6.03. The summed E-state index contributed by atoms with van der Waals surface area (Å²) < 4.78 is 5.84. The second-order valence-electron chi connectivity index (χ2n) is 5.50. The van der Waals surface area contributed by atoms with Crippen LogP contribution in [0.4, 0.5) is 0 Å². The van der Waals surface area contributed by atoms with Crippen LogP contribution in [0.3, 0.4) is 0 Å². The van der Waals surface area contributed by atoms with Crippen molar-refractivity contribution in [1.82, 2.24) is 0 Å². The van der Waals surface area contributed by atoms with E-state index in [1.165, 1.54) is 29.2 Å². The minimum atomic E-state index is 0.130. The predicted molar refractivity (Wildman–Crippen MR) is 79.7 cm³/mol. The molecule has 1 aromatic heterocycles. The fourth-order valence-electron chi connectivity index (χ4n) is 2.72. The summed E-state index contributed by atoms with van der Waals surface area (Å²) in [6.45, 7) is 0. The number of hydrogen-bond donors (Lipinski definition) is 0. The van der Waals surface area contributed by atoms with E-state index in [0.29, 0.717) is 0 Å². The van der Waals surface area contributed by atoms with Gasteiger partial charge >= 0.3 is 0 Å². The lowest BCUT2D eigenvalue weighted by Crippen LogP contribution is -1.91. The molecule has 0 saturated heterocycles. The molecule has 2 aromatic carbocycles. The Hall–Kier alpha value is -1.47. The van der Waals surface area contributed by atoms with Crippen molar-refractivity contribution in [3.8, 4) is 0 Å². The van der Waals surface area contributed by atoms with E-state index in [1.807, 2.05) is 24.3 Å². The molecule has 1 unspecified atom stereocenters. The van der Waals surface area contributed by atoms with Gasteiger partial charge in [0.05, 0.1) is 5.38 Å². The van der Waals surface area contributed by atoms with Crippen LogP contribution in [0.5, 0.6) is 0 Å². The third kappa shape index (κ3) is 2.02. The number of fused-ring (bicyclic) bond motifs is 3. The summed E-state index contributed by atoms with van der Waals surface area (Å²) in [4.78, 5) is 0. The summed E-state index contributed by atoms with van der Waals surface area (Å²) in [7, 11) is 0. The van der Waals surface area contributed by atoms with Gasteiger partial charge in [-0.25, -0.2) is 0 Å². The van der Waals surface area contributed by atoms with E-state index in [2.05, 4.69) is 18.2 Å². The Kier molecular flexibility index (Phi) is 2.56. The lowest BCUT2D eigenvalue weighted by Gasteiger charge is -2.08. The topological polar surface area (TPSA) is 13.1 Å². The molecule has 1 nitrogen and oxygen atoms in total. The molecule has 3 aromatic rings. The molecule has 1 aliphatic carbocycles. The number of hydrogen-bond acceptors (Lipinski definition) is 1. The maximum atomic E-state index is 6.53. The Morgan fingerprint density at radius 3 is 2.68 bits per heavy atom. The summed E-state index contributed by atoms with van der Waals surface area (Å²) in [5, 5.41) is 2.48. The van der Waals surface area contributed by atoms with E-state index < -0.39 is 0 Å². The van der Waals surface area contributed by atoms with Gasteiger partial charge in [-0.05, 0) is 36.1 Å². The van der Waals surface area contributed by atoms with Crippen molar-refractivity contribution < 1.29 is 4.42 Å². The molecule has 4 rings (SSSR count). The highest BCUT2D eigenvalue weighted by molar-refractivity contribution is 6.21. The molecular formula is C17H15ClO. The Bertz CT molecular complexity index is 739. The van der Waals surface area contributed by atoms with E-state index in [1.54, 1.807) is 0 Å². The smallest absolute Gasteiger partial charge is 0.135 e. The number of furan rings is 1. The van der Waals surface area contributed by atoms with Gasteiger partial charge in [-0.1, -0.05) is 37.1 Å². The predicted octanol–water partition coefficient (Wildman–Crippen LogP) is 5.67. The zero-order chi connectivity index (χ0) is 12.8. The molecule has 19 heavy (non-hydrogen) atoms. The van der Waals surface area contributed by atoms with Crippen LogP contribution < -0.4 is 0 Å². The van der Waals surface area contributed by atoms with Crippen LogP contribution in [-0.4, -0.2) is 0 Å². The molecular weight excluding hydrogens is 256 g/mol. The Morgan fingerprint density at radius 1 is 1.05 bits per heavy atom. The number of rotatable bonds is 3. The van der Waals surface area contributed by atoms with Crippen LogP contribution in [0.2, 0.25) is 0 Å². The molecule has 1 saturated carbocycles. The SMILES string of the molecule is ClC(CC1CC1)c1ccc2oc3ccccc3c2c1. The van der Waals surface area contributed by atoms with Crippen molar-refractivity contribution in [3.05, 3.63) is 48.0 Å². The van der Waals surface area contributed by atoms with E-state index >= 15 is 0 Å². The third-order valence-corrected chi connectivity index (χ3v) is 4.43. The quantitative estimate of drug-likeness (QED) is 0.559. The maximum absolute atomic E-state index is 6.53. The molecule has 0 radical (unpaired) electrons. The molecule has 1 fully saturated rings. The van der Waals surface area contributed by atoms with Gasteiger partial charge in [0.2, 0.25) is 0 Å². The molecule has 0 amide bonds. The number of benzene rings is 2. The molecule has 1 heterocycles. The van der Waals surface area contributed by atoms with Crippen LogP contribution in [0.15, 0.2) is 46.9 Å². The summed E-state index contributed by atoms with van der Waals surface area (Å²) in [6.07, 6.45) is 3.79. The van der Waals surface area contributed by atoms with Gasteiger partial charge in [0, 0.05) is 10.8 Å². The first-order chi connectivity index (χ1) is 9.31. The molecule has 0 spiro atoms. The van der Waals surface area contributed by atoms with Crippen LogP contribution in [0, 0.1) is 5.92 Å². The highest BCUT2D eigenvalue weighted by atomic mass is 35.5. The fourth-order valence-corrected chi connectivity index (χ4v) is 3.11. The molecule has 2 heteroatoms. The Labute approximate surface area is 117 Å². The lowest BCUT2D eigenvalue weighted by molar-refractivity contribution is 0.668. The van der Waals surface area contributed by atoms with Gasteiger partial charge < -0.3 is 4.42 Å². The van der Waals surface area contributed by atoms with Crippen LogP contribution in [0.1, 0.15) is 30.2 Å². The van der Waals surface area contributed by atoms with Gasteiger partial charge in [0.25, 0.3) is 0 Å². The first kappa shape index (κ1) is 11.4. The van der Waals surface area contributed by atoms with E-state index in [9.17, 15) is 0 Å². The minimum absolute atomic E-state index is 0.130. The highest BCUT2D eigenvalue weighted by Crippen LogP contribution is 2.41. The van der Waals surface area contributed by atoms with Crippen molar-refractivity contribution in [1.29, 1.82) is 0 Å². The molecule has 1 atom stereocenters. The molecule has 0 N–H and O–H groups in total. The zero-order valence-corrected chi connectivity index (χ0v) is 11.4. The van der Waals surface area contributed by atoms with E-state index in [-0.39, 0.29) is 5.38 Å². The average Bonchev–Trinajstić information content (AvgIpc) is 3.17. The minimum Gasteiger partial charge on any atom is -0.456 e. The van der Waals surface area contributed by atoms with Gasteiger partial charge in [-0.3, -0.25) is 0 Å². The van der Waals surface area contributed by atoms with E-state index in [4.69, 9.17) is 16.0 Å². The van der Waals surface area contributed by atoms with Gasteiger partial charge in [0.15, 0.2) is 0 Å². The summed E-state index contributed by atoms with van der Waals surface area (Å²) in [5.74, 6) is 0.847. The molecule has 96 valence electrons. The van der Waals surface area contributed by atoms with Crippen molar-refractivity contribution in [2.75, 3.05) is 0 Å². The average molecular weight is 271 g/mol. The molecule has 1 aliphatic rings. The van der Waals surface area contributed by atoms with Crippen molar-refractivity contribution in [3.63, 3.8) is 0 Å². The van der Waals surface area contributed by atoms with E-state index in [0.717, 1.165) is 23.5 Å². The normalized spacial score (nSPS) is 17.1. The van der Waals surface area contributed by atoms with Gasteiger partial charge in [-0.2, -0.15) is 0 Å². The second kappa shape index (κ2) is 4.28. The molecule has 0 aliphatic heterocycles. The summed E-state index contributed by atoms with van der Waals surface area (Å²) in [6, 6.07) is 14.5. The van der Waals surface area contributed by atoms with Gasteiger partial charge in [0.1, 0.15) is 11.2 Å². The van der Waals surface area contributed by atoms with Crippen molar-refractivity contribution in [2.45, 2.75) is 24.6 Å². The first-order valence-electron chi connectivity index (χ1n) is 6.86.